The maximum Gasteiger partial charge on any atom is 0.232 e. The first-order valence-electron chi connectivity index (χ1n) is 7.36. The molecule has 5 nitrogen and oxygen atoms in total. The minimum Gasteiger partial charge on any atom is -0.480 e. The van der Waals surface area contributed by atoms with Gasteiger partial charge >= 0.3 is 0 Å². The Hall–Kier alpha value is -2.34. The van der Waals surface area contributed by atoms with Crippen LogP contribution >= 0.6 is 11.3 Å². The second kappa shape index (κ2) is 6.04. The Morgan fingerprint density at radius 2 is 2.09 bits per heavy atom. The van der Waals surface area contributed by atoms with E-state index in [-0.39, 0.29) is 5.78 Å². The largest absolute Gasteiger partial charge is 0.480 e. The zero-order valence-corrected chi connectivity index (χ0v) is 14.3. The number of fused-ring (bicyclic) bond motifs is 1. The van der Waals surface area contributed by atoms with Crippen molar-refractivity contribution in [3.05, 3.63) is 34.5 Å². The number of carbonyl (C=O) groups is 1. The number of benzene rings is 1. The summed E-state index contributed by atoms with van der Waals surface area (Å²) in [7, 11) is 1.57. The van der Waals surface area contributed by atoms with Gasteiger partial charge in [-0.25, -0.2) is 15.0 Å². The Balaban J connectivity index is 2.25. The van der Waals surface area contributed by atoms with Crippen LogP contribution in [0.25, 0.3) is 21.6 Å². The quantitative estimate of drug-likeness (QED) is 0.681. The fourth-order valence-electron chi connectivity index (χ4n) is 2.49. The molecule has 0 amide bonds. The maximum absolute atomic E-state index is 11.8. The number of hydrogen-bond acceptors (Lipinski definition) is 6. The number of hydrogen-bond donors (Lipinski definition) is 0. The van der Waals surface area contributed by atoms with Gasteiger partial charge in [0, 0.05) is 12.5 Å². The molecular weight excluding hydrogens is 310 g/mol. The molecule has 0 spiro atoms. The molecule has 2 aromatic heterocycles. The topological polar surface area (TPSA) is 65.0 Å². The fourth-order valence-corrected chi connectivity index (χ4v) is 3.56. The van der Waals surface area contributed by atoms with E-state index in [0.717, 1.165) is 44.2 Å². The number of nitrogens with zero attached hydrogens (tertiary/aromatic N) is 3. The first kappa shape index (κ1) is 15.6. The number of carbonyl (C=O) groups excluding carboxylic acids is 1. The van der Waals surface area contributed by atoms with Crippen molar-refractivity contribution in [2.24, 2.45) is 0 Å². The summed E-state index contributed by atoms with van der Waals surface area (Å²) in [6.45, 7) is 5.59. The van der Waals surface area contributed by atoms with Crippen LogP contribution in [0.3, 0.4) is 0 Å². The molecule has 0 N–H and O–H groups in total. The van der Waals surface area contributed by atoms with Crippen LogP contribution in [0.4, 0.5) is 0 Å². The molecule has 1 aromatic carbocycles. The summed E-state index contributed by atoms with van der Waals surface area (Å²) in [6.07, 6.45) is 2.33. The first-order valence-corrected chi connectivity index (χ1v) is 8.17. The predicted molar refractivity (Wildman–Crippen MR) is 91.3 cm³/mol. The van der Waals surface area contributed by atoms with Crippen molar-refractivity contribution < 1.29 is 9.53 Å². The molecule has 0 atom stereocenters. The van der Waals surface area contributed by atoms with Gasteiger partial charge in [-0.2, -0.15) is 0 Å². The van der Waals surface area contributed by atoms with Crippen LogP contribution < -0.4 is 4.74 Å². The third-order valence-electron chi connectivity index (χ3n) is 3.56. The summed E-state index contributed by atoms with van der Waals surface area (Å²) in [4.78, 5) is 26.1. The van der Waals surface area contributed by atoms with Crippen LogP contribution in [0.2, 0.25) is 0 Å². The number of thiazole rings is 1. The molecule has 6 heteroatoms. The summed E-state index contributed by atoms with van der Waals surface area (Å²) in [5, 5.41) is 0.806. The predicted octanol–water partition coefficient (Wildman–Crippen LogP) is 3.84. The summed E-state index contributed by atoms with van der Waals surface area (Å²) < 4.78 is 5.15. The van der Waals surface area contributed by atoms with Crippen molar-refractivity contribution in [1.29, 1.82) is 0 Å². The lowest BCUT2D eigenvalue weighted by Crippen LogP contribution is -1.94. The van der Waals surface area contributed by atoms with Gasteiger partial charge in [0.1, 0.15) is 5.01 Å². The summed E-state index contributed by atoms with van der Waals surface area (Å²) in [5.41, 5.74) is 4.34. The van der Waals surface area contributed by atoms with Crippen LogP contribution in [-0.2, 0) is 6.42 Å². The molecule has 118 valence electrons. The lowest BCUT2D eigenvalue weighted by molar-refractivity contribution is 0.102. The van der Waals surface area contributed by atoms with E-state index in [4.69, 9.17) is 4.74 Å². The average Bonchev–Trinajstić information content (AvgIpc) is 2.97. The number of rotatable bonds is 4. The molecule has 0 aliphatic carbocycles. The molecule has 0 bridgehead atoms. The maximum atomic E-state index is 11.8. The number of Topliss-reactive ketones (excluding diaryl/α,β-unsaturated/α-hetero) is 1. The van der Waals surface area contributed by atoms with Gasteiger partial charge in [-0.05, 0) is 31.0 Å². The standard InChI is InChI=1S/C17H17N3O2S/c1-5-12-16(10(3)21)23-17(20-12)11-6-9(2)7-13-15(11)18-8-14(19-13)22-4/h6-8H,5H2,1-4H3. The smallest absolute Gasteiger partial charge is 0.232 e. The number of aromatic nitrogens is 3. The fraction of sp³-hybridized carbons (Fsp3) is 0.294. The molecule has 0 saturated carbocycles. The average molecular weight is 327 g/mol. The van der Waals surface area contributed by atoms with Crippen LogP contribution in [-0.4, -0.2) is 27.8 Å². The molecule has 3 aromatic rings. The molecule has 0 fully saturated rings. The Morgan fingerprint density at radius 3 is 2.70 bits per heavy atom. The minimum atomic E-state index is 0.0512. The number of methoxy groups -OCH3 is 1. The molecule has 3 rings (SSSR count). The highest BCUT2D eigenvalue weighted by Crippen LogP contribution is 2.34. The number of ether oxygens (including phenoxy) is 1. The van der Waals surface area contributed by atoms with Crippen LogP contribution in [0.1, 0.15) is 34.8 Å². The van der Waals surface area contributed by atoms with Gasteiger partial charge in [0.2, 0.25) is 5.88 Å². The van der Waals surface area contributed by atoms with Gasteiger partial charge in [-0.15, -0.1) is 11.3 Å². The highest BCUT2D eigenvalue weighted by molar-refractivity contribution is 7.17. The lowest BCUT2D eigenvalue weighted by atomic mass is 10.1. The van der Waals surface area contributed by atoms with E-state index in [0.29, 0.717) is 5.88 Å². The van der Waals surface area contributed by atoms with E-state index in [1.807, 2.05) is 26.0 Å². The van der Waals surface area contributed by atoms with Crippen molar-refractivity contribution >= 4 is 28.2 Å². The molecular formula is C17H17N3O2S. The Kier molecular flexibility index (Phi) is 4.09. The third-order valence-corrected chi connectivity index (χ3v) is 4.79. The summed E-state index contributed by atoms with van der Waals surface area (Å²) >= 11 is 1.42. The monoisotopic (exact) mass is 327 g/mol. The molecule has 0 unspecified atom stereocenters. The third kappa shape index (κ3) is 2.82. The van der Waals surface area contributed by atoms with E-state index in [9.17, 15) is 4.79 Å². The van der Waals surface area contributed by atoms with Gasteiger partial charge in [0.05, 0.1) is 34.9 Å². The minimum absolute atomic E-state index is 0.0512. The number of aryl methyl sites for hydroxylation is 2. The van der Waals surface area contributed by atoms with Crippen molar-refractivity contribution in [3.63, 3.8) is 0 Å². The molecule has 0 saturated heterocycles. The SMILES string of the molecule is CCc1nc(-c2cc(C)cc3nc(OC)cnc23)sc1C(C)=O. The van der Waals surface area contributed by atoms with E-state index in [2.05, 4.69) is 15.0 Å². The van der Waals surface area contributed by atoms with Gasteiger partial charge in [0.15, 0.2) is 5.78 Å². The van der Waals surface area contributed by atoms with E-state index in [1.165, 1.54) is 11.3 Å². The van der Waals surface area contributed by atoms with Crippen molar-refractivity contribution in [3.8, 4) is 16.5 Å². The van der Waals surface area contributed by atoms with Gasteiger partial charge in [-0.1, -0.05) is 6.92 Å². The first-order chi connectivity index (χ1) is 11.0. The van der Waals surface area contributed by atoms with Gasteiger partial charge in [-0.3, -0.25) is 4.79 Å². The molecule has 23 heavy (non-hydrogen) atoms. The molecule has 0 aliphatic rings. The van der Waals surface area contributed by atoms with Gasteiger partial charge < -0.3 is 4.74 Å². The van der Waals surface area contributed by atoms with E-state index >= 15 is 0 Å². The highest BCUT2D eigenvalue weighted by Gasteiger charge is 2.17. The normalized spacial score (nSPS) is 11.0. The van der Waals surface area contributed by atoms with Crippen LogP contribution in [0, 0.1) is 6.92 Å². The van der Waals surface area contributed by atoms with Crippen LogP contribution in [0.15, 0.2) is 18.3 Å². The van der Waals surface area contributed by atoms with Gasteiger partial charge in [0.25, 0.3) is 0 Å². The van der Waals surface area contributed by atoms with Crippen molar-refractivity contribution in [2.75, 3.05) is 7.11 Å². The van der Waals surface area contributed by atoms with E-state index < -0.39 is 0 Å². The zero-order valence-electron chi connectivity index (χ0n) is 13.5. The summed E-state index contributed by atoms with van der Waals surface area (Å²) in [5.74, 6) is 0.530. The Morgan fingerprint density at radius 1 is 1.30 bits per heavy atom. The molecule has 0 radical (unpaired) electrons. The number of ketones is 1. The second-order valence-electron chi connectivity index (χ2n) is 5.30. The Labute approximate surface area is 138 Å². The highest BCUT2D eigenvalue weighted by atomic mass is 32.1. The van der Waals surface area contributed by atoms with Crippen molar-refractivity contribution in [1.82, 2.24) is 15.0 Å². The van der Waals surface area contributed by atoms with Crippen LogP contribution in [0.5, 0.6) is 5.88 Å². The molecule has 0 aliphatic heterocycles. The van der Waals surface area contributed by atoms with Crippen molar-refractivity contribution in [2.45, 2.75) is 27.2 Å². The molecule has 2 heterocycles. The lowest BCUT2D eigenvalue weighted by Gasteiger charge is -2.06. The second-order valence-corrected chi connectivity index (χ2v) is 6.30. The van der Waals surface area contributed by atoms with E-state index in [1.54, 1.807) is 20.2 Å². The Bertz CT molecular complexity index is 902. The summed E-state index contributed by atoms with van der Waals surface area (Å²) in [6, 6.07) is 4.00. The zero-order chi connectivity index (χ0) is 16.6.